The van der Waals surface area contributed by atoms with Crippen molar-refractivity contribution in [3.63, 3.8) is 0 Å². The molecule has 2 heterocycles. The van der Waals surface area contributed by atoms with E-state index in [4.69, 9.17) is 4.74 Å². The lowest BCUT2D eigenvalue weighted by molar-refractivity contribution is 0.473. The quantitative estimate of drug-likeness (QED) is 0.489. The topological polar surface area (TPSA) is 61.1 Å². The summed E-state index contributed by atoms with van der Waals surface area (Å²) in [6.07, 6.45) is 6.00. The van der Waals surface area contributed by atoms with Crippen LogP contribution >= 0.6 is 0 Å². The molecule has 6 heteroatoms. The minimum absolute atomic E-state index is 0.0610. The maximum Gasteiger partial charge on any atom is 0.328 e. The summed E-state index contributed by atoms with van der Waals surface area (Å²) >= 11 is 0. The van der Waals surface area contributed by atoms with Crippen molar-refractivity contribution in [1.82, 2.24) is 19.4 Å². The molecular weight excluding hydrogens is 388 g/mol. The average Bonchev–Trinajstić information content (AvgIpc) is 3.58. The normalized spacial score (nSPS) is 13.6. The Labute approximate surface area is 181 Å². The van der Waals surface area contributed by atoms with Crippen LogP contribution in [-0.4, -0.2) is 21.2 Å². The van der Waals surface area contributed by atoms with Crippen LogP contribution in [0, 0.1) is 5.92 Å². The smallest absolute Gasteiger partial charge is 0.328 e. The second kappa shape index (κ2) is 8.04. The van der Waals surface area contributed by atoms with Gasteiger partial charge in [0.05, 0.1) is 11.0 Å². The first-order valence-corrected chi connectivity index (χ1v) is 10.7. The third-order valence-electron chi connectivity index (χ3n) is 5.90. The number of aromatic nitrogens is 3. The van der Waals surface area contributed by atoms with Crippen LogP contribution < -0.4 is 15.7 Å². The lowest BCUT2D eigenvalue weighted by Crippen LogP contribution is -2.22. The van der Waals surface area contributed by atoms with E-state index in [2.05, 4.69) is 34.6 Å². The van der Waals surface area contributed by atoms with E-state index in [1.54, 1.807) is 10.8 Å². The summed E-state index contributed by atoms with van der Waals surface area (Å²) in [5.41, 5.74) is 5.13. The van der Waals surface area contributed by atoms with Crippen molar-refractivity contribution in [2.75, 3.05) is 7.05 Å². The van der Waals surface area contributed by atoms with Gasteiger partial charge in [0, 0.05) is 38.1 Å². The first-order valence-electron chi connectivity index (χ1n) is 10.7. The third kappa shape index (κ3) is 3.86. The number of imidazole rings is 1. The molecule has 158 valence electrons. The molecule has 0 spiro atoms. The molecule has 4 aromatic rings. The molecule has 31 heavy (non-hydrogen) atoms. The minimum atomic E-state index is 0.0610. The predicted molar refractivity (Wildman–Crippen MR) is 122 cm³/mol. The first-order chi connectivity index (χ1) is 15.1. The van der Waals surface area contributed by atoms with Crippen molar-refractivity contribution in [3.05, 3.63) is 77.0 Å². The molecule has 6 nitrogen and oxygen atoms in total. The van der Waals surface area contributed by atoms with Crippen LogP contribution in [0.4, 0.5) is 0 Å². The van der Waals surface area contributed by atoms with Gasteiger partial charge in [0.2, 0.25) is 0 Å². The summed E-state index contributed by atoms with van der Waals surface area (Å²) in [6, 6.07) is 16.2. The Bertz CT molecular complexity index is 1300. The summed E-state index contributed by atoms with van der Waals surface area (Å²) < 4.78 is 9.84. The highest BCUT2D eigenvalue weighted by atomic mass is 16.5. The maximum absolute atomic E-state index is 12.7. The van der Waals surface area contributed by atoms with Gasteiger partial charge in [-0.3, -0.25) is 14.1 Å². The van der Waals surface area contributed by atoms with Crippen LogP contribution in [0.3, 0.4) is 0 Å². The van der Waals surface area contributed by atoms with E-state index < -0.39 is 0 Å². The summed E-state index contributed by atoms with van der Waals surface area (Å²) in [7, 11) is 3.75. The molecule has 0 saturated heterocycles. The Morgan fingerprint density at radius 1 is 1.10 bits per heavy atom. The number of nitrogens with one attached hydrogen (secondary N) is 1. The van der Waals surface area contributed by atoms with E-state index in [0.29, 0.717) is 12.5 Å². The number of benzene rings is 2. The van der Waals surface area contributed by atoms with Crippen LogP contribution in [0.1, 0.15) is 18.4 Å². The van der Waals surface area contributed by atoms with E-state index in [1.807, 2.05) is 49.1 Å². The van der Waals surface area contributed by atoms with E-state index in [1.165, 1.54) is 12.8 Å². The van der Waals surface area contributed by atoms with Gasteiger partial charge in [-0.25, -0.2) is 4.79 Å². The summed E-state index contributed by atoms with van der Waals surface area (Å²) in [6.45, 7) is 1.51. The fourth-order valence-corrected chi connectivity index (χ4v) is 4.03. The van der Waals surface area contributed by atoms with Crippen molar-refractivity contribution < 1.29 is 4.74 Å². The molecule has 1 N–H and O–H groups in total. The Morgan fingerprint density at radius 3 is 2.74 bits per heavy atom. The lowest BCUT2D eigenvalue weighted by atomic mass is 10.0. The SMILES string of the molecule is CNCc1cnccc1Oc1cccc(-c2ccc3c(c2)n(C)c(=O)n3CC2CC2)c1. The Balaban J connectivity index is 1.48. The second-order valence-electron chi connectivity index (χ2n) is 8.24. The van der Waals surface area contributed by atoms with Crippen LogP contribution in [0.15, 0.2) is 65.7 Å². The number of ether oxygens (including phenoxy) is 1. The number of fused-ring (bicyclic) bond motifs is 1. The van der Waals surface area contributed by atoms with Gasteiger partial charge in [-0.05, 0) is 67.3 Å². The molecule has 0 atom stereocenters. The summed E-state index contributed by atoms with van der Waals surface area (Å²) in [4.78, 5) is 16.9. The Hall–Kier alpha value is -3.38. The molecule has 0 radical (unpaired) electrons. The van der Waals surface area contributed by atoms with E-state index >= 15 is 0 Å². The van der Waals surface area contributed by atoms with E-state index in [-0.39, 0.29) is 5.69 Å². The molecule has 0 aliphatic heterocycles. The second-order valence-corrected chi connectivity index (χ2v) is 8.24. The molecule has 0 bridgehead atoms. The number of hydrogen-bond acceptors (Lipinski definition) is 4. The fraction of sp³-hybridized carbons (Fsp3) is 0.280. The van der Waals surface area contributed by atoms with Gasteiger partial charge in [0.15, 0.2) is 0 Å². The van der Waals surface area contributed by atoms with Crippen molar-refractivity contribution >= 4 is 11.0 Å². The largest absolute Gasteiger partial charge is 0.457 e. The average molecular weight is 415 g/mol. The summed E-state index contributed by atoms with van der Waals surface area (Å²) in [5.74, 6) is 2.20. The molecule has 1 aliphatic carbocycles. The number of hydrogen-bond donors (Lipinski definition) is 1. The molecule has 1 fully saturated rings. The molecule has 2 aromatic heterocycles. The van der Waals surface area contributed by atoms with E-state index in [0.717, 1.165) is 45.8 Å². The molecule has 0 amide bonds. The first kappa shape index (κ1) is 19.6. The predicted octanol–water partition coefficient (Wildman–Crippen LogP) is 4.32. The molecule has 5 rings (SSSR count). The Morgan fingerprint density at radius 2 is 1.94 bits per heavy atom. The van der Waals surface area contributed by atoms with Crippen LogP contribution in [0.25, 0.3) is 22.2 Å². The molecular formula is C25H26N4O2. The van der Waals surface area contributed by atoms with E-state index in [9.17, 15) is 4.79 Å². The fourth-order valence-electron chi connectivity index (χ4n) is 4.03. The maximum atomic E-state index is 12.7. The van der Waals surface area contributed by atoms with Crippen molar-refractivity contribution in [2.24, 2.45) is 13.0 Å². The monoisotopic (exact) mass is 414 g/mol. The summed E-state index contributed by atoms with van der Waals surface area (Å²) in [5, 5.41) is 3.14. The van der Waals surface area contributed by atoms with Gasteiger partial charge in [0.1, 0.15) is 11.5 Å². The highest BCUT2D eigenvalue weighted by Crippen LogP contribution is 2.33. The van der Waals surface area contributed by atoms with Gasteiger partial charge in [-0.1, -0.05) is 18.2 Å². The zero-order valence-electron chi connectivity index (χ0n) is 17.8. The Kier molecular flexibility index (Phi) is 5.08. The van der Waals surface area contributed by atoms with Crippen molar-refractivity contribution in [1.29, 1.82) is 0 Å². The third-order valence-corrected chi connectivity index (χ3v) is 5.90. The van der Waals surface area contributed by atoms with Crippen LogP contribution in [-0.2, 0) is 20.1 Å². The highest BCUT2D eigenvalue weighted by molar-refractivity contribution is 5.83. The number of aryl methyl sites for hydroxylation is 1. The van der Waals surface area contributed by atoms with Crippen molar-refractivity contribution in [3.8, 4) is 22.6 Å². The van der Waals surface area contributed by atoms with Crippen LogP contribution in [0.2, 0.25) is 0 Å². The zero-order valence-corrected chi connectivity index (χ0v) is 17.8. The zero-order chi connectivity index (χ0) is 21.4. The number of nitrogens with zero attached hydrogens (tertiary/aromatic N) is 3. The van der Waals surface area contributed by atoms with Gasteiger partial charge in [0.25, 0.3) is 0 Å². The van der Waals surface area contributed by atoms with Gasteiger partial charge < -0.3 is 10.1 Å². The molecule has 1 saturated carbocycles. The molecule has 2 aromatic carbocycles. The number of rotatable bonds is 7. The number of pyridine rings is 1. The molecule has 0 unspecified atom stereocenters. The van der Waals surface area contributed by atoms with Crippen LogP contribution in [0.5, 0.6) is 11.5 Å². The van der Waals surface area contributed by atoms with Crippen molar-refractivity contribution in [2.45, 2.75) is 25.9 Å². The standard InChI is InChI=1S/C25H26N4O2/c1-26-14-20-15-27-11-10-24(20)31-21-5-3-4-18(12-21)19-8-9-22-23(13-19)28(2)25(30)29(22)16-17-6-7-17/h3-5,8-13,15,17,26H,6-7,14,16H2,1-2H3. The lowest BCUT2D eigenvalue weighted by Gasteiger charge is -2.12. The van der Waals surface area contributed by atoms with Gasteiger partial charge in [-0.2, -0.15) is 0 Å². The minimum Gasteiger partial charge on any atom is -0.457 e. The van der Waals surface area contributed by atoms with Gasteiger partial charge in [-0.15, -0.1) is 0 Å². The van der Waals surface area contributed by atoms with Gasteiger partial charge >= 0.3 is 5.69 Å². The highest BCUT2D eigenvalue weighted by Gasteiger charge is 2.24. The molecule has 1 aliphatic rings.